The van der Waals surface area contributed by atoms with Crippen LogP contribution in [0.2, 0.25) is 0 Å². The van der Waals surface area contributed by atoms with Crippen molar-refractivity contribution in [2.24, 2.45) is 0 Å². The average Bonchev–Trinajstić information content (AvgIpc) is 2.91. The summed E-state index contributed by atoms with van der Waals surface area (Å²) in [4.78, 5) is 28.9. The van der Waals surface area contributed by atoms with Crippen LogP contribution >= 0.6 is 0 Å². The molecule has 0 aliphatic rings. The number of aryl methyl sites for hydroxylation is 3. The smallest absolute Gasteiger partial charge is 0.264 e. The van der Waals surface area contributed by atoms with E-state index in [2.05, 4.69) is 5.32 Å². The van der Waals surface area contributed by atoms with E-state index in [-0.39, 0.29) is 17.3 Å². The number of nitrogens with zero attached hydrogens (tertiary/aromatic N) is 2. The molecule has 0 aliphatic heterocycles. The van der Waals surface area contributed by atoms with E-state index in [1.54, 1.807) is 30.3 Å². The van der Waals surface area contributed by atoms with Gasteiger partial charge in [-0.05, 0) is 80.1 Å². The molecule has 3 aromatic rings. The summed E-state index contributed by atoms with van der Waals surface area (Å²) in [6, 6.07) is 20.5. The van der Waals surface area contributed by atoms with Crippen molar-refractivity contribution in [2.45, 2.75) is 64.9 Å². The van der Waals surface area contributed by atoms with Crippen molar-refractivity contribution < 1.29 is 18.0 Å². The predicted molar refractivity (Wildman–Crippen MR) is 156 cm³/mol. The number of hydrogen-bond acceptors (Lipinski definition) is 4. The topological polar surface area (TPSA) is 86.8 Å². The predicted octanol–water partition coefficient (Wildman–Crippen LogP) is 5.14. The van der Waals surface area contributed by atoms with Gasteiger partial charge in [0.05, 0.1) is 10.6 Å². The van der Waals surface area contributed by atoms with Crippen LogP contribution in [0.3, 0.4) is 0 Å². The van der Waals surface area contributed by atoms with E-state index in [9.17, 15) is 18.0 Å². The van der Waals surface area contributed by atoms with Crippen LogP contribution in [0, 0.1) is 20.8 Å². The molecule has 0 fully saturated rings. The van der Waals surface area contributed by atoms with Crippen molar-refractivity contribution in [3.63, 3.8) is 0 Å². The van der Waals surface area contributed by atoms with E-state index in [4.69, 9.17) is 0 Å². The minimum atomic E-state index is -4.08. The summed E-state index contributed by atoms with van der Waals surface area (Å²) in [6.45, 7) is 9.81. The lowest BCUT2D eigenvalue weighted by molar-refractivity contribution is -0.140. The zero-order valence-electron chi connectivity index (χ0n) is 23.5. The highest BCUT2D eigenvalue weighted by atomic mass is 32.2. The Kier molecular flexibility index (Phi) is 10.3. The maximum atomic E-state index is 14.1. The summed E-state index contributed by atoms with van der Waals surface area (Å²) < 4.78 is 29.0. The minimum Gasteiger partial charge on any atom is -0.354 e. The van der Waals surface area contributed by atoms with Gasteiger partial charge >= 0.3 is 0 Å². The zero-order chi connectivity index (χ0) is 28.6. The highest BCUT2D eigenvalue weighted by Crippen LogP contribution is 2.27. The molecule has 8 heteroatoms. The van der Waals surface area contributed by atoms with Crippen molar-refractivity contribution in [2.75, 3.05) is 17.4 Å². The van der Waals surface area contributed by atoms with Gasteiger partial charge in [0.2, 0.25) is 11.8 Å². The van der Waals surface area contributed by atoms with Gasteiger partial charge in [0.15, 0.2) is 0 Å². The first kappa shape index (κ1) is 29.9. The monoisotopic (exact) mass is 549 g/mol. The van der Waals surface area contributed by atoms with Gasteiger partial charge in [-0.3, -0.25) is 13.9 Å². The van der Waals surface area contributed by atoms with Crippen LogP contribution in [-0.4, -0.2) is 44.3 Å². The molecule has 0 aromatic heterocycles. The van der Waals surface area contributed by atoms with Crippen molar-refractivity contribution in [3.8, 4) is 0 Å². The Balaban J connectivity index is 2.08. The maximum absolute atomic E-state index is 14.1. The molecule has 7 nitrogen and oxygen atoms in total. The number of anilines is 1. The summed E-state index contributed by atoms with van der Waals surface area (Å²) in [6.07, 6.45) is 1.16. The number of benzene rings is 3. The number of amides is 2. The normalized spacial score (nSPS) is 12.0. The molecule has 0 bridgehead atoms. The summed E-state index contributed by atoms with van der Waals surface area (Å²) in [5.74, 6) is -0.694. The largest absolute Gasteiger partial charge is 0.354 e. The van der Waals surface area contributed by atoms with Crippen LogP contribution in [0.5, 0.6) is 0 Å². The lowest BCUT2D eigenvalue weighted by Gasteiger charge is -2.33. The first-order chi connectivity index (χ1) is 18.6. The van der Waals surface area contributed by atoms with Gasteiger partial charge in [-0.1, -0.05) is 62.4 Å². The number of rotatable bonds is 12. The van der Waals surface area contributed by atoms with Gasteiger partial charge in [-0.25, -0.2) is 8.42 Å². The third kappa shape index (κ3) is 7.47. The molecule has 2 amide bonds. The van der Waals surface area contributed by atoms with E-state index in [0.717, 1.165) is 33.0 Å². The fourth-order valence-electron chi connectivity index (χ4n) is 4.60. The van der Waals surface area contributed by atoms with Crippen molar-refractivity contribution >= 4 is 27.5 Å². The third-order valence-corrected chi connectivity index (χ3v) is 8.43. The van der Waals surface area contributed by atoms with E-state index in [0.29, 0.717) is 18.7 Å². The molecule has 0 saturated carbocycles. The van der Waals surface area contributed by atoms with Crippen LogP contribution in [0.25, 0.3) is 0 Å². The Morgan fingerprint density at radius 1 is 0.872 bits per heavy atom. The molecule has 3 aromatic carbocycles. The molecular weight excluding hydrogens is 510 g/mol. The van der Waals surface area contributed by atoms with Crippen LogP contribution in [0.1, 0.15) is 48.9 Å². The molecule has 1 atom stereocenters. The molecule has 3 rings (SSSR count). The number of nitrogens with one attached hydrogen (secondary N) is 1. The molecule has 1 N–H and O–H groups in total. The fourth-order valence-corrected chi connectivity index (χ4v) is 6.02. The van der Waals surface area contributed by atoms with E-state index >= 15 is 0 Å². The molecule has 0 aliphatic carbocycles. The molecule has 0 unspecified atom stereocenters. The second-order valence-corrected chi connectivity index (χ2v) is 11.7. The van der Waals surface area contributed by atoms with Gasteiger partial charge in [-0.15, -0.1) is 0 Å². The Labute approximate surface area is 232 Å². The van der Waals surface area contributed by atoms with Gasteiger partial charge in [0.25, 0.3) is 10.0 Å². The van der Waals surface area contributed by atoms with Gasteiger partial charge < -0.3 is 10.2 Å². The molecule has 39 heavy (non-hydrogen) atoms. The van der Waals surface area contributed by atoms with Gasteiger partial charge in [-0.2, -0.15) is 0 Å². The SMILES string of the molecule is CCCNC(=O)[C@@H](CC)N(Cc1ccccc1C)C(=O)CN(c1cc(C)cc(C)c1)S(=O)(=O)c1ccccc1. The lowest BCUT2D eigenvalue weighted by atomic mass is 10.1. The van der Waals surface area contributed by atoms with E-state index < -0.39 is 28.5 Å². The molecule has 0 saturated heterocycles. The highest BCUT2D eigenvalue weighted by Gasteiger charge is 2.33. The Hall–Kier alpha value is -3.65. The Bertz CT molecular complexity index is 1370. The summed E-state index contributed by atoms with van der Waals surface area (Å²) in [5, 5.41) is 2.91. The van der Waals surface area contributed by atoms with Gasteiger partial charge in [0, 0.05) is 13.1 Å². The molecular formula is C31H39N3O4S. The first-order valence-electron chi connectivity index (χ1n) is 13.4. The molecule has 208 valence electrons. The third-order valence-electron chi connectivity index (χ3n) is 6.64. The van der Waals surface area contributed by atoms with Crippen LogP contribution in [0.15, 0.2) is 77.7 Å². The maximum Gasteiger partial charge on any atom is 0.264 e. The lowest BCUT2D eigenvalue weighted by Crippen LogP contribution is -2.52. The van der Waals surface area contributed by atoms with Crippen molar-refractivity contribution in [3.05, 3.63) is 95.1 Å². The quantitative estimate of drug-likeness (QED) is 0.339. The molecule has 0 radical (unpaired) electrons. The van der Waals surface area contributed by atoms with Crippen LogP contribution in [0.4, 0.5) is 5.69 Å². The summed E-state index contributed by atoms with van der Waals surface area (Å²) in [5.41, 5.74) is 4.06. The number of carbonyl (C=O) groups excluding carboxylic acids is 2. The number of hydrogen-bond donors (Lipinski definition) is 1. The Morgan fingerprint density at radius 3 is 2.08 bits per heavy atom. The first-order valence-corrected chi connectivity index (χ1v) is 14.8. The van der Waals surface area contributed by atoms with Crippen molar-refractivity contribution in [1.82, 2.24) is 10.2 Å². The van der Waals surface area contributed by atoms with Crippen molar-refractivity contribution in [1.29, 1.82) is 0 Å². The van der Waals surface area contributed by atoms with Gasteiger partial charge in [0.1, 0.15) is 12.6 Å². The molecule has 0 heterocycles. The number of carbonyl (C=O) groups is 2. The summed E-state index contributed by atoms with van der Waals surface area (Å²) >= 11 is 0. The van der Waals surface area contributed by atoms with E-state index in [1.807, 2.05) is 65.0 Å². The number of sulfonamides is 1. The zero-order valence-corrected chi connectivity index (χ0v) is 24.3. The fraction of sp³-hybridized carbons (Fsp3) is 0.355. The van der Waals surface area contributed by atoms with E-state index in [1.165, 1.54) is 17.0 Å². The second kappa shape index (κ2) is 13.4. The minimum absolute atomic E-state index is 0.0927. The second-order valence-electron chi connectivity index (χ2n) is 9.83. The summed E-state index contributed by atoms with van der Waals surface area (Å²) in [7, 11) is -4.08. The Morgan fingerprint density at radius 2 is 1.49 bits per heavy atom. The average molecular weight is 550 g/mol. The van der Waals surface area contributed by atoms with Crippen LogP contribution in [-0.2, 0) is 26.2 Å². The molecule has 0 spiro atoms. The van der Waals surface area contributed by atoms with Crippen LogP contribution < -0.4 is 9.62 Å². The standard InChI is InChI=1S/C31H39N3O4S/c1-6-17-32-31(36)29(7-2)33(21-26-14-12-11-13-25(26)5)30(35)22-34(27-19-23(3)18-24(4)20-27)39(37,38)28-15-9-8-10-16-28/h8-16,18-20,29H,6-7,17,21-22H2,1-5H3,(H,32,36)/t29-/m1/s1. The highest BCUT2D eigenvalue weighted by molar-refractivity contribution is 7.92.